The largest absolute Gasteiger partial charge is 0.295 e. The summed E-state index contributed by atoms with van der Waals surface area (Å²) in [6.07, 6.45) is 0. The van der Waals surface area contributed by atoms with Gasteiger partial charge in [0.2, 0.25) is 0 Å². The van der Waals surface area contributed by atoms with Gasteiger partial charge in [-0.3, -0.25) is 14.9 Å². The maximum absolute atomic E-state index is 11.3. The highest BCUT2D eigenvalue weighted by molar-refractivity contribution is 5.96. The summed E-state index contributed by atoms with van der Waals surface area (Å²) in [6, 6.07) is 9.87. The van der Waals surface area contributed by atoms with Gasteiger partial charge in [-0.1, -0.05) is 18.2 Å². The summed E-state index contributed by atoms with van der Waals surface area (Å²) < 4.78 is 0. The number of nitrogens with zero attached hydrogens (tertiary/aromatic N) is 1. The van der Waals surface area contributed by atoms with Crippen molar-refractivity contribution >= 4 is 11.5 Å². The maximum Gasteiger partial charge on any atom is 0.270 e. The second-order valence-corrected chi connectivity index (χ2v) is 3.56. The van der Waals surface area contributed by atoms with Crippen molar-refractivity contribution in [2.45, 2.75) is 6.92 Å². The van der Waals surface area contributed by atoms with E-state index in [2.05, 4.69) is 0 Å². The van der Waals surface area contributed by atoms with Gasteiger partial charge in [-0.2, -0.15) is 0 Å². The van der Waals surface area contributed by atoms with Crippen molar-refractivity contribution in [3.8, 4) is 11.1 Å². The lowest BCUT2D eigenvalue weighted by atomic mass is 10.1. The fourth-order valence-electron chi connectivity index (χ4n) is 1.59. The number of fused-ring (bicyclic) bond motifs is 1. The molecule has 0 bridgehead atoms. The second-order valence-electron chi connectivity index (χ2n) is 3.56. The molecule has 0 aliphatic heterocycles. The fraction of sp³-hybridized carbons (Fsp3) is 0.0833. The van der Waals surface area contributed by atoms with Gasteiger partial charge >= 0.3 is 0 Å². The normalized spacial score (nSPS) is 10.3. The van der Waals surface area contributed by atoms with E-state index in [1.54, 1.807) is 18.2 Å². The molecule has 2 aliphatic rings. The van der Waals surface area contributed by atoms with Crippen LogP contribution in [0.3, 0.4) is 0 Å². The second kappa shape index (κ2) is 3.73. The number of rotatable bonds is 2. The van der Waals surface area contributed by atoms with Crippen molar-refractivity contribution < 1.29 is 9.72 Å². The topological polar surface area (TPSA) is 60.2 Å². The number of carbonyl (C=O) groups is 1. The monoisotopic (exact) mass is 215 g/mol. The van der Waals surface area contributed by atoms with Gasteiger partial charge in [-0.15, -0.1) is 0 Å². The van der Waals surface area contributed by atoms with E-state index >= 15 is 0 Å². The van der Waals surface area contributed by atoms with E-state index in [0.29, 0.717) is 5.56 Å². The van der Waals surface area contributed by atoms with Crippen LogP contribution >= 0.6 is 0 Å². The Balaban J connectivity index is 2.74. The van der Waals surface area contributed by atoms with Crippen molar-refractivity contribution in [3.63, 3.8) is 0 Å². The molecule has 0 fully saturated rings. The van der Waals surface area contributed by atoms with E-state index in [1.165, 1.54) is 19.1 Å². The van der Waals surface area contributed by atoms with Crippen LogP contribution in [0.1, 0.15) is 17.3 Å². The highest BCUT2D eigenvalue weighted by Crippen LogP contribution is 2.27. The molecule has 0 unspecified atom stereocenters. The first-order valence-corrected chi connectivity index (χ1v) is 4.77. The van der Waals surface area contributed by atoms with E-state index in [4.69, 9.17) is 0 Å². The van der Waals surface area contributed by atoms with Gasteiger partial charge in [0.05, 0.1) is 4.92 Å². The third kappa shape index (κ3) is 1.77. The van der Waals surface area contributed by atoms with E-state index in [9.17, 15) is 14.9 Å². The van der Waals surface area contributed by atoms with Gasteiger partial charge in [-0.05, 0) is 24.1 Å². The molecule has 0 atom stereocenters. The zero-order valence-electron chi connectivity index (χ0n) is 8.64. The molecule has 0 amide bonds. The Morgan fingerprint density at radius 3 is 2.38 bits per heavy atom. The van der Waals surface area contributed by atoms with Gasteiger partial charge in [0, 0.05) is 17.7 Å². The van der Waals surface area contributed by atoms with Crippen LogP contribution in [0.5, 0.6) is 0 Å². The highest BCUT2D eigenvalue weighted by Gasteiger charge is 2.12. The van der Waals surface area contributed by atoms with Crippen molar-refractivity contribution in [1.82, 2.24) is 0 Å². The molecular formula is C12H9NO3. The van der Waals surface area contributed by atoms with E-state index in [1.807, 2.05) is 6.07 Å². The molecule has 4 nitrogen and oxygen atoms in total. The number of nitro groups is 1. The van der Waals surface area contributed by atoms with Crippen LogP contribution in [0.4, 0.5) is 5.69 Å². The average Bonchev–Trinajstić information content (AvgIpc) is 2.55. The van der Waals surface area contributed by atoms with Crippen LogP contribution in [0.2, 0.25) is 0 Å². The van der Waals surface area contributed by atoms with Crippen LogP contribution in [0.15, 0.2) is 36.4 Å². The Morgan fingerprint density at radius 2 is 1.81 bits per heavy atom. The molecule has 0 N–H and O–H groups in total. The van der Waals surface area contributed by atoms with Crippen molar-refractivity contribution in [2.24, 2.45) is 0 Å². The molecule has 16 heavy (non-hydrogen) atoms. The van der Waals surface area contributed by atoms with Crippen molar-refractivity contribution in [3.05, 3.63) is 52.1 Å². The summed E-state index contributed by atoms with van der Waals surface area (Å²) in [5.74, 6) is -0.179. The van der Waals surface area contributed by atoms with Gasteiger partial charge in [0.15, 0.2) is 5.78 Å². The summed E-state index contributed by atoms with van der Waals surface area (Å²) in [5, 5.41) is 10.8. The van der Waals surface area contributed by atoms with Gasteiger partial charge in [0.25, 0.3) is 5.69 Å². The molecule has 0 radical (unpaired) electrons. The lowest BCUT2D eigenvalue weighted by Gasteiger charge is -1.90. The number of hydrogen-bond acceptors (Lipinski definition) is 3. The minimum Gasteiger partial charge on any atom is -0.295 e. The first kappa shape index (κ1) is 10.3. The standard InChI is InChI=1S/C12H9NO3/c1-8(14)11-5-9-3-2-4-10(9)6-12(7-11)13(15)16/h2-7H,1H3. The first-order valence-electron chi connectivity index (χ1n) is 4.77. The zero-order valence-corrected chi connectivity index (χ0v) is 8.64. The van der Waals surface area contributed by atoms with Crippen LogP contribution in [-0.4, -0.2) is 10.7 Å². The van der Waals surface area contributed by atoms with Gasteiger partial charge < -0.3 is 0 Å². The molecule has 0 aromatic heterocycles. The summed E-state index contributed by atoms with van der Waals surface area (Å²) in [6.45, 7) is 1.40. The summed E-state index contributed by atoms with van der Waals surface area (Å²) in [4.78, 5) is 21.6. The molecule has 2 rings (SSSR count). The lowest BCUT2D eigenvalue weighted by molar-refractivity contribution is -0.384. The summed E-state index contributed by atoms with van der Waals surface area (Å²) >= 11 is 0. The Hall–Kier alpha value is -2.23. The fourth-order valence-corrected chi connectivity index (χ4v) is 1.59. The molecule has 0 aromatic carbocycles. The predicted molar refractivity (Wildman–Crippen MR) is 59.7 cm³/mol. The van der Waals surface area contributed by atoms with Crippen LogP contribution in [0.25, 0.3) is 11.1 Å². The highest BCUT2D eigenvalue weighted by atomic mass is 16.6. The van der Waals surface area contributed by atoms with E-state index in [-0.39, 0.29) is 11.5 Å². The summed E-state index contributed by atoms with van der Waals surface area (Å²) in [7, 11) is 0. The van der Waals surface area contributed by atoms with Gasteiger partial charge in [0.1, 0.15) is 0 Å². The number of ketones is 1. The van der Waals surface area contributed by atoms with Crippen LogP contribution in [-0.2, 0) is 0 Å². The number of hydrogen-bond donors (Lipinski definition) is 0. The number of carbonyl (C=O) groups excluding carboxylic acids is 1. The molecule has 2 aliphatic carbocycles. The lowest BCUT2D eigenvalue weighted by Crippen LogP contribution is -1.91. The maximum atomic E-state index is 11.3. The third-order valence-corrected chi connectivity index (χ3v) is 2.42. The number of Topliss-reactive ketones (excluding diaryl/α,β-unsaturated/α-hetero) is 1. The SMILES string of the molecule is CC(=O)c1cc2cccc-2cc([N+](=O)[O-])c1. The Labute approximate surface area is 92.0 Å². The molecule has 4 heteroatoms. The molecule has 0 spiro atoms. The van der Waals surface area contributed by atoms with Gasteiger partial charge in [-0.25, -0.2) is 0 Å². The Morgan fingerprint density at radius 1 is 1.19 bits per heavy atom. The minimum absolute atomic E-state index is 0.0635. The van der Waals surface area contributed by atoms with E-state index in [0.717, 1.165) is 11.1 Å². The molecule has 80 valence electrons. The molecule has 0 saturated heterocycles. The van der Waals surface area contributed by atoms with E-state index < -0.39 is 4.92 Å². The zero-order chi connectivity index (χ0) is 11.7. The smallest absolute Gasteiger partial charge is 0.270 e. The Bertz CT molecular complexity index is 502. The third-order valence-electron chi connectivity index (χ3n) is 2.42. The molecule has 0 heterocycles. The summed E-state index contributed by atoms with van der Waals surface area (Å²) in [5.41, 5.74) is 1.89. The van der Waals surface area contributed by atoms with Crippen molar-refractivity contribution in [2.75, 3.05) is 0 Å². The van der Waals surface area contributed by atoms with Crippen LogP contribution in [0, 0.1) is 10.1 Å². The van der Waals surface area contributed by atoms with Crippen LogP contribution < -0.4 is 0 Å². The molecule has 0 saturated carbocycles. The molecule has 0 aromatic rings. The molecular weight excluding hydrogens is 206 g/mol. The average molecular weight is 215 g/mol. The first-order chi connectivity index (χ1) is 7.58. The predicted octanol–water partition coefficient (Wildman–Crippen LogP) is 2.90. The Kier molecular flexibility index (Phi) is 2.40. The quantitative estimate of drug-likeness (QED) is 0.439. The minimum atomic E-state index is -0.487. The van der Waals surface area contributed by atoms with Crippen molar-refractivity contribution in [1.29, 1.82) is 0 Å².